The van der Waals surface area contributed by atoms with Gasteiger partial charge in [0.2, 0.25) is 11.8 Å². The van der Waals surface area contributed by atoms with Gasteiger partial charge in [0.05, 0.1) is 24.5 Å². The number of hydrogen-bond acceptors (Lipinski definition) is 7. The predicted octanol–water partition coefficient (Wildman–Crippen LogP) is 4.09. The lowest BCUT2D eigenvalue weighted by molar-refractivity contribution is -0.146. The third-order valence-electron chi connectivity index (χ3n) is 10.1. The zero-order chi connectivity index (χ0) is 32.3. The van der Waals surface area contributed by atoms with Crippen LogP contribution < -0.4 is 14.7 Å². The highest BCUT2D eigenvalue weighted by Gasteiger charge is 2.60. The summed E-state index contributed by atoms with van der Waals surface area (Å²) in [4.78, 5) is 44.1. The molecule has 5 heterocycles. The van der Waals surface area contributed by atoms with Gasteiger partial charge < -0.3 is 24.5 Å². The number of ether oxygens (including phenoxy) is 1. The summed E-state index contributed by atoms with van der Waals surface area (Å²) in [6.45, 7) is 4.32. The fraction of sp³-hybridized carbons (Fsp3) is 0.361. The summed E-state index contributed by atoms with van der Waals surface area (Å²) in [6.07, 6.45) is 3.06. The topological polar surface area (TPSA) is 121 Å². The molecule has 4 aliphatic rings. The fourth-order valence-electron chi connectivity index (χ4n) is 7.33. The summed E-state index contributed by atoms with van der Waals surface area (Å²) in [7, 11) is 0. The highest BCUT2D eigenvalue weighted by molar-refractivity contribution is 6.08. The number of carbonyl (C=O) groups excluding carboxylic acids is 3. The maximum absolute atomic E-state index is 14.5. The van der Waals surface area contributed by atoms with E-state index in [1.807, 2.05) is 72.8 Å². The van der Waals surface area contributed by atoms with E-state index in [0.29, 0.717) is 51.0 Å². The van der Waals surface area contributed by atoms with Gasteiger partial charge in [-0.1, -0.05) is 54.6 Å². The standard InChI is InChI=1S/C36H36N6O5/c1-23-19-28(13-16-39-22-30(37-38-39)34(45)25-5-3-2-4-6-25)47-36(23)29-20-27(41-18-15-33(41)44)11-12-31(29)42(35(36)46)21-24-7-9-26(10-8-24)40-17-14-32(40)43/h2-12,20,22-23,28,34,45H,13-19,21H2,1H3/t23-,28+,34-,36+/m1/s1. The molecule has 4 aromatic rings. The Labute approximate surface area is 272 Å². The van der Waals surface area contributed by atoms with Crippen molar-refractivity contribution in [2.24, 2.45) is 5.92 Å². The first-order valence-electron chi connectivity index (χ1n) is 16.3. The Morgan fingerprint density at radius 1 is 0.936 bits per heavy atom. The first-order chi connectivity index (χ1) is 22.8. The maximum Gasteiger partial charge on any atom is 0.264 e. The van der Waals surface area contributed by atoms with Gasteiger partial charge in [-0.3, -0.25) is 19.1 Å². The number of anilines is 3. The number of aryl methyl sites for hydroxylation is 1. The molecule has 4 aliphatic heterocycles. The van der Waals surface area contributed by atoms with E-state index in [2.05, 4.69) is 17.2 Å². The number of aliphatic hydroxyl groups is 1. The third kappa shape index (κ3) is 4.92. The van der Waals surface area contributed by atoms with Crippen LogP contribution in [-0.2, 0) is 37.8 Å². The van der Waals surface area contributed by atoms with Gasteiger partial charge in [-0.15, -0.1) is 5.10 Å². The molecule has 0 bridgehead atoms. The molecule has 0 unspecified atom stereocenters. The van der Waals surface area contributed by atoms with Crippen molar-refractivity contribution in [3.63, 3.8) is 0 Å². The van der Waals surface area contributed by atoms with Gasteiger partial charge in [-0.2, -0.15) is 0 Å². The number of nitrogens with zero attached hydrogens (tertiary/aromatic N) is 6. The third-order valence-corrected chi connectivity index (χ3v) is 10.1. The van der Waals surface area contributed by atoms with Gasteiger partial charge in [0.25, 0.3) is 5.91 Å². The number of benzene rings is 3. The average Bonchev–Trinajstić information content (AvgIpc) is 3.75. The van der Waals surface area contributed by atoms with E-state index in [0.717, 1.165) is 40.3 Å². The van der Waals surface area contributed by atoms with E-state index >= 15 is 0 Å². The zero-order valence-electron chi connectivity index (χ0n) is 26.2. The Morgan fingerprint density at radius 2 is 1.64 bits per heavy atom. The number of fused-ring (bicyclic) bond motifs is 2. The second kappa shape index (κ2) is 11.4. The van der Waals surface area contributed by atoms with Crippen molar-refractivity contribution in [1.29, 1.82) is 0 Å². The number of amides is 3. The second-order valence-corrected chi connectivity index (χ2v) is 13.0. The molecule has 3 amide bonds. The molecule has 1 spiro atoms. The molecule has 3 aromatic carbocycles. The summed E-state index contributed by atoms with van der Waals surface area (Å²) in [5, 5.41) is 19.2. The molecule has 8 rings (SSSR count). The average molecular weight is 633 g/mol. The highest BCUT2D eigenvalue weighted by Crippen LogP contribution is 2.55. The summed E-state index contributed by atoms with van der Waals surface area (Å²) in [6, 6.07) is 23.0. The van der Waals surface area contributed by atoms with Crippen molar-refractivity contribution in [3.05, 3.63) is 101 Å². The van der Waals surface area contributed by atoms with E-state index in [9.17, 15) is 19.5 Å². The van der Waals surface area contributed by atoms with Crippen molar-refractivity contribution in [2.45, 2.75) is 63.5 Å². The Bertz CT molecular complexity index is 1860. The minimum Gasteiger partial charge on any atom is -0.382 e. The molecule has 4 atom stereocenters. The molecule has 0 radical (unpaired) electrons. The van der Waals surface area contributed by atoms with Crippen LogP contribution in [0.4, 0.5) is 17.1 Å². The van der Waals surface area contributed by atoms with Gasteiger partial charge in [0, 0.05) is 55.3 Å². The quantitative estimate of drug-likeness (QED) is 0.276. The lowest BCUT2D eigenvalue weighted by atomic mass is 9.82. The van der Waals surface area contributed by atoms with Gasteiger partial charge in [-0.25, -0.2) is 0 Å². The number of rotatable bonds is 9. The second-order valence-electron chi connectivity index (χ2n) is 13.0. The van der Waals surface area contributed by atoms with E-state index in [1.54, 1.807) is 25.6 Å². The molecule has 0 saturated carbocycles. The summed E-state index contributed by atoms with van der Waals surface area (Å²) >= 11 is 0. The fourth-order valence-corrected chi connectivity index (χ4v) is 7.33. The highest BCUT2D eigenvalue weighted by atomic mass is 16.5. The molecular formula is C36H36N6O5. The van der Waals surface area contributed by atoms with Crippen LogP contribution in [0.2, 0.25) is 0 Å². The number of aliphatic hydroxyl groups excluding tert-OH is 1. The molecule has 11 heteroatoms. The minimum atomic E-state index is -1.18. The van der Waals surface area contributed by atoms with Crippen LogP contribution in [0.15, 0.2) is 79.0 Å². The molecular weight excluding hydrogens is 596 g/mol. The predicted molar refractivity (Wildman–Crippen MR) is 173 cm³/mol. The Balaban J connectivity index is 1.03. The van der Waals surface area contributed by atoms with Crippen molar-refractivity contribution in [1.82, 2.24) is 15.0 Å². The Hall–Kier alpha value is -4.87. The molecule has 0 aliphatic carbocycles. The first-order valence-corrected chi connectivity index (χ1v) is 16.3. The van der Waals surface area contributed by atoms with E-state index in [1.165, 1.54) is 0 Å². The largest absolute Gasteiger partial charge is 0.382 e. The summed E-state index contributed by atoms with van der Waals surface area (Å²) in [5.41, 5.74) is 4.23. The smallest absolute Gasteiger partial charge is 0.264 e. The van der Waals surface area contributed by atoms with Crippen molar-refractivity contribution in [2.75, 3.05) is 27.8 Å². The monoisotopic (exact) mass is 632 g/mol. The lowest BCUT2D eigenvalue weighted by Crippen LogP contribution is -2.44. The van der Waals surface area contributed by atoms with Crippen molar-refractivity contribution >= 4 is 34.8 Å². The van der Waals surface area contributed by atoms with Gasteiger partial charge in [0.1, 0.15) is 11.8 Å². The molecule has 3 saturated heterocycles. The van der Waals surface area contributed by atoms with Gasteiger partial charge in [0.15, 0.2) is 5.60 Å². The van der Waals surface area contributed by atoms with Crippen molar-refractivity contribution < 1.29 is 24.2 Å². The number of hydrogen-bond donors (Lipinski definition) is 1. The number of aromatic nitrogens is 3. The van der Waals surface area contributed by atoms with E-state index in [4.69, 9.17) is 4.74 Å². The van der Waals surface area contributed by atoms with Gasteiger partial charge >= 0.3 is 0 Å². The minimum absolute atomic E-state index is 0.0730. The number of β-lactam (4-membered cyclic amide) rings is 2. The van der Waals surface area contributed by atoms with E-state index < -0.39 is 11.7 Å². The van der Waals surface area contributed by atoms with Crippen LogP contribution in [0.5, 0.6) is 0 Å². The van der Waals surface area contributed by atoms with E-state index in [-0.39, 0.29) is 29.7 Å². The Kier molecular flexibility index (Phi) is 7.18. The molecule has 11 nitrogen and oxygen atoms in total. The molecule has 1 N–H and O–H groups in total. The van der Waals surface area contributed by atoms with Crippen LogP contribution in [0.25, 0.3) is 0 Å². The number of carbonyl (C=O) groups is 3. The molecule has 1 aromatic heterocycles. The van der Waals surface area contributed by atoms with Crippen molar-refractivity contribution in [3.8, 4) is 0 Å². The van der Waals surface area contributed by atoms with Crippen LogP contribution in [0.1, 0.15) is 61.1 Å². The normalized spacial score (nSPS) is 24.1. The Morgan fingerprint density at radius 3 is 2.32 bits per heavy atom. The molecule has 3 fully saturated rings. The molecule has 47 heavy (non-hydrogen) atoms. The maximum atomic E-state index is 14.5. The van der Waals surface area contributed by atoms with Crippen LogP contribution in [0.3, 0.4) is 0 Å². The zero-order valence-corrected chi connectivity index (χ0v) is 26.2. The van der Waals surface area contributed by atoms with Crippen LogP contribution in [0, 0.1) is 5.92 Å². The van der Waals surface area contributed by atoms with Crippen LogP contribution >= 0.6 is 0 Å². The van der Waals surface area contributed by atoms with Gasteiger partial charge in [-0.05, 0) is 54.3 Å². The first kappa shape index (κ1) is 29.5. The molecule has 240 valence electrons. The summed E-state index contributed by atoms with van der Waals surface area (Å²) in [5.74, 6) is -0.0256. The lowest BCUT2D eigenvalue weighted by Gasteiger charge is -2.32. The van der Waals surface area contributed by atoms with Crippen LogP contribution in [-0.4, -0.2) is 57.0 Å². The summed E-state index contributed by atoms with van der Waals surface area (Å²) < 4.78 is 8.53. The SMILES string of the molecule is C[C@@H]1C[C@H](CCn2cc([C@H](O)c3ccccc3)nn2)O[C@@]12C(=O)N(Cc1ccc(N3CCC3=O)cc1)c1ccc(N3CCC3=O)cc12.